The Balaban J connectivity index is 4.14. The Kier molecular flexibility index (Phi) is 4.82. The van der Waals surface area contributed by atoms with Gasteiger partial charge in [0.1, 0.15) is 0 Å². The second-order valence-electron chi connectivity index (χ2n) is 3.17. The van der Waals surface area contributed by atoms with Crippen LogP contribution >= 0.6 is 0 Å². The van der Waals surface area contributed by atoms with E-state index < -0.39 is 0 Å². The SMILES string of the molecule is COC(OB(C)N(C)C)=C(C)C. The normalized spacial score (nSPS) is 9.58. The highest BCUT2D eigenvalue weighted by Crippen LogP contribution is 2.07. The van der Waals surface area contributed by atoms with Gasteiger partial charge in [0, 0.05) is 5.57 Å². The second kappa shape index (κ2) is 5.09. The Labute approximate surface area is 75.5 Å². The Morgan fingerprint density at radius 1 is 1.25 bits per heavy atom. The maximum absolute atomic E-state index is 5.51. The molecule has 0 unspecified atom stereocenters. The lowest BCUT2D eigenvalue weighted by Crippen LogP contribution is -2.32. The van der Waals surface area contributed by atoms with Crippen molar-refractivity contribution < 1.29 is 9.39 Å². The fourth-order valence-electron chi connectivity index (χ4n) is 0.630. The summed E-state index contributed by atoms with van der Waals surface area (Å²) in [7, 11) is 5.58. The predicted molar refractivity (Wildman–Crippen MR) is 51.8 cm³/mol. The first kappa shape index (κ1) is 11.4. The second-order valence-corrected chi connectivity index (χ2v) is 3.17. The highest BCUT2D eigenvalue weighted by atomic mass is 16.6. The van der Waals surface area contributed by atoms with Crippen LogP contribution in [0.3, 0.4) is 0 Å². The van der Waals surface area contributed by atoms with Crippen molar-refractivity contribution in [2.45, 2.75) is 20.7 Å². The van der Waals surface area contributed by atoms with Gasteiger partial charge < -0.3 is 14.2 Å². The van der Waals surface area contributed by atoms with E-state index in [0.717, 1.165) is 5.57 Å². The fourth-order valence-corrected chi connectivity index (χ4v) is 0.630. The fraction of sp³-hybridized carbons (Fsp3) is 0.750. The monoisotopic (exact) mass is 171 g/mol. The molecule has 0 atom stereocenters. The van der Waals surface area contributed by atoms with Gasteiger partial charge in [0.25, 0.3) is 5.95 Å². The minimum absolute atomic E-state index is 0.0369. The number of rotatable bonds is 4. The first-order valence-electron chi connectivity index (χ1n) is 4.03. The number of hydrogen-bond acceptors (Lipinski definition) is 3. The number of ether oxygens (including phenoxy) is 1. The average molecular weight is 171 g/mol. The zero-order chi connectivity index (χ0) is 9.72. The lowest BCUT2D eigenvalue weighted by atomic mass is 9.86. The number of allylic oxidation sites excluding steroid dienone is 1. The predicted octanol–water partition coefficient (Wildman–Crippen LogP) is 1.58. The van der Waals surface area contributed by atoms with Gasteiger partial charge in [0.2, 0.25) is 0 Å². The lowest BCUT2D eigenvalue weighted by molar-refractivity contribution is 0.138. The summed E-state index contributed by atoms with van der Waals surface area (Å²) in [6, 6.07) is 0. The molecule has 12 heavy (non-hydrogen) atoms. The Morgan fingerprint density at radius 2 is 1.75 bits per heavy atom. The van der Waals surface area contributed by atoms with Crippen LogP contribution in [0.25, 0.3) is 0 Å². The van der Waals surface area contributed by atoms with Gasteiger partial charge in [0.15, 0.2) is 0 Å². The molecule has 0 spiro atoms. The molecule has 0 bridgehead atoms. The molecule has 0 radical (unpaired) electrons. The van der Waals surface area contributed by atoms with Crippen LogP contribution in [0, 0.1) is 0 Å². The van der Waals surface area contributed by atoms with Crippen molar-refractivity contribution in [1.29, 1.82) is 0 Å². The van der Waals surface area contributed by atoms with Crippen LogP contribution in [0.2, 0.25) is 6.82 Å². The van der Waals surface area contributed by atoms with Crippen molar-refractivity contribution in [3.63, 3.8) is 0 Å². The summed E-state index contributed by atoms with van der Waals surface area (Å²) in [5, 5.41) is 0. The van der Waals surface area contributed by atoms with Crippen LogP contribution < -0.4 is 0 Å². The van der Waals surface area contributed by atoms with E-state index >= 15 is 0 Å². The minimum atomic E-state index is 0.0369. The third kappa shape index (κ3) is 3.67. The van der Waals surface area contributed by atoms with Crippen molar-refractivity contribution in [3.05, 3.63) is 11.5 Å². The molecule has 0 amide bonds. The van der Waals surface area contributed by atoms with E-state index in [-0.39, 0.29) is 7.05 Å². The summed E-state index contributed by atoms with van der Waals surface area (Å²) in [4.78, 5) is 1.97. The van der Waals surface area contributed by atoms with Gasteiger partial charge in [-0.2, -0.15) is 0 Å². The lowest BCUT2D eigenvalue weighted by Gasteiger charge is -2.19. The molecule has 0 aromatic heterocycles. The van der Waals surface area contributed by atoms with Crippen LogP contribution in [-0.4, -0.2) is 33.1 Å². The molecule has 0 rings (SSSR count). The van der Waals surface area contributed by atoms with E-state index in [1.54, 1.807) is 7.11 Å². The summed E-state index contributed by atoms with van der Waals surface area (Å²) in [5.41, 5.74) is 1.05. The molecule has 3 nitrogen and oxygen atoms in total. The number of nitrogens with zero attached hydrogens (tertiary/aromatic N) is 1. The van der Waals surface area contributed by atoms with E-state index in [4.69, 9.17) is 9.39 Å². The molecule has 0 saturated carbocycles. The summed E-state index contributed by atoms with van der Waals surface area (Å²) >= 11 is 0. The van der Waals surface area contributed by atoms with Crippen LogP contribution in [0.1, 0.15) is 13.8 Å². The third-order valence-corrected chi connectivity index (χ3v) is 1.60. The zero-order valence-electron chi connectivity index (χ0n) is 8.84. The van der Waals surface area contributed by atoms with Gasteiger partial charge in [-0.15, -0.1) is 0 Å². The van der Waals surface area contributed by atoms with Crippen LogP contribution in [0.4, 0.5) is 0 Å². The van der Waals surface area contributed by atoms with E-state index in [1.807, 2.05) is 39.6 Å². The van der Waals surface area contributed by atoms with Crippen molar-refractivity contribution in [1.82, 2.24) is 4.81 Å². The highest BCUT2D eigenvalue weighted by Gasteiger charge is 2.16. The molecule has 0 N–H and O–H groups in total. The molecule has 0 aliphatic carbocycles. The molecule has 70 valence electrons. The Morgan fingerprint density at radius 3 is 2.00 bits per heavy atom. The van der Waals surface area contributed by atoms with Crippen molar-refractivity contribution in [2.75, 3.05) is 21.2 Å². The van der Waals surface area contributed by atoms with Crippen molar-refractivity contribution in [2.24, 2.45) is 0 Å². The smallest absolute Gasteiger partial charge is 0.447 e. The minimum Gasteiger partial charge on any atom is -0.520 e. The number of hydrogen-bond donors (Lipinski definition) is 0. The first-order chi connectivity index (χ1) is 5.49. The first-order valence-corrected chi connectivity index (χ1v) is 4.03. The summed E-state index contributed by atoms with van der Waals surface area (Å²) in [6.45, 7) is 5.89. The molecular weight excluding hydrogens is 153 g/mol. The zero-order valence-corrected chi connectivity index (χ0v) is 8.84. The quantitative estimate of drug-likeness (QED) is 0.473. The van der Waals surface area contributed by atoms with E-state index in [9.17, 15) is 0 Å². The van der Waals surface area contributed by atoms with Gasteiger partial charge in [-0.25, -0.2) is 0 Å². The molecule has 0 heterocycles. The molecule has 0 aromatic carbocycles. The van der Waals surface area contributed by atoms with Crippen LogP contribution in [-0.2, 0) is 9.39 Å². The van der Waals surface area contributed by atoms with Crippen molar-refractivity contribution >= 4 is 7.05 Å². The molecule has 4 heteroatoms. The number of methoxy groups -OCH3 is 1. The van der Waals surface area contributed by atoms with Gasteiger partial charge in [-0.3, -0.25) is 0 Å². The molecule has 0 saturated heterocycles. The molecular formula is C8H18BNO2. The van der Waals surface area contributed by atoms with Gasteiger partial charge in [-0.1, -0.05) is 0 Å². The maximum Gasteiger partial charge on any atom is 0.447 e. The molecule has 0 aliphatic rings. The third-order valence-electron chi connectivity index (χ3n) is 1.60. The largest absolute Gasteiger partial charge is 0.520 e. The summed E-state index contributed by atoms with van der Waals surface area (Å²) < 4.78 is 10.6. The van der Waals surface area contributed by atoms with E-state index in [2.05, 4.69) is 0 Å². The van der Waals surface area contributed by atoms with Crippen molar-refractivity contribution in [3.8, 4) is 0 Å². The Bertz CT molecular complexity index is 164. The van der Waals surface area contributed by atoms with E-state index in [0.29, 0.717) is 5.95 Å². The van der Waals surface area contributed by atoms with Crippen LogP contribution in [0.15, 0.2) is 11.5 Å². The maximum atomic E-state index is 5.51. The molecule has 0 fully saturated rings. The summed E-state index contributed by atoms with van der Waals surface area (Å²) in [5.74, 6) is 0.608. The highest BCUT2D eigenvalue weighted by molar-refractivity contribution is 6.47. The van der Waals surface area contributed by atoms with Gasteiger partial charge >= 0.3 is 7.05 Å². The van der Waals surface area contributed by atoms with Gasteiger partial charge in [0.05, 0.1) is 7.11 Å². The molecule has 0 aromatic rings. The summed E-state index contributed by atoms with van der Waals surface area (Å²) in [6.07, 6.45) is 0. The Hall–Kier alpha value is -0.635. The van der Waals surface area contributed by atoms with Crippen LogP contribution in [0.5, 0.6) is 0 Å². The standard InChI is InChI=1S/C8H18BNO2/c1-7(2)8(11-6)12-9(3)10(4)5/h1-6H3. The average Bonchev–Trinajstić information content (AvgIpc) is 1.98. The van der Waals surface area contributed by atoms with Gasteiger partial charge in [-0.05, 0) is 34.8 Å². The topological polar surface area (TPSA) is 21.7 Å². The van der Waals surface area contributed by atoms with E-state index in [1.165, 1.54) is 0 Å². The molecule has 0 aliphatic heterocycles.